The number of thiophene rings is 1. The van der Waals surface area contributed by atoms with Crippen molar-refractivity contribution in [1.29, 1.82) is 0 Å². The van der Waals surface area contributed by atoms with Gasteiger partial charge in [-0.25, -0.2) is 0 Å². The maximum atomic E-state index is 12.4. The lowest BCUT2D eigenvalue weighted by Gasteiger charge is -2.00. The van der Waals surface area contributed by atoms with Gasteiger partial charge in [0, 0.05) is 16.3 Å². The van der Waals surface area contributed by atoms with Gasteiger partial charge in [-0.15, -0.1) is 11.3 Å². The molecular weight excluding hydrogens is 312 g/mol. The SMILES string of the molecule is Cc1cccc(-c2ccc(C(=O)Cc3ccc(Cl)cc3)s2)c1. The molecular formula is C19H15ClOS. The summed E-state index contributed by atoms with van der Waals surface area (Å²) < 4.78 is 0. The summed E-state index contributed by atoms with van der Waals surface area (Å²) in [6.07, 6.45) is 0.408. The molecule has 0 aliphatic heterocycles. The molecule has 0 saturated heterocycles. The molecule has 0 bridgehead atoms. The smallest absolute Gasteiger partial charge is 0.177 e. The molecule has 1 nitrogen and oxygen atoms in total. The zero-order valence-electron chi connectivity index (χ0n) is 12.2. The Morgan fingerprint density at radius 3 is 2.55 bits per heavy atom. The van der Waals surface area contributed by atoms with Gasteiger partial charge >= 0.3 is 0 Å². The lowest BCUT2D eigenvalue weighted by Crippen LogP contribution is -2.00. The predicted octanol–water partition coefficient (Wildman–Crippen LogP) is 5.80. The fraction of sp³-hybridized carbons (Fsp3) is 0.105. The van der Waals surface area contributed by atoms with Gasteiger partial charge in [-0.2, -0.15) is 0 Å². The number of ketones is 1. The highest BCUT2D eigenvalue weighted by Gasteiger charge is 2.11. The first-order valence-corrected chi connectivity index (χ1v) is 8.26. The van der Waals surface area contributed by atoms with Crippen LogP contribution < -0.4 is 0 Å². The Balaban J connectivity index is 1.78. The molecule has 3 heteroatoms. The molecule has 0 fully saturated rings. The minimum absolute atomic E-state index is 0.145. The third kappa shape index (κ3) is 3.46. The van der Waals surface area contributed by atoms with Crippen molar-refractivity contribution in [3.63, 3.8) is 0 Å². The van der Waals surface area contributed by atoms with Crippen molar-refractivity contribution in [1.82, 2.24) is 0 Å². The zero-order valence-corrected chi connectivity index (χ0v) is 13.7. The van der Waals surface area contributed by atoms with Gasteiger partial charge in [-0.3, -0.25) is 4.79 Å². The summed E-state index contributed by atoms with van der Waals surface area (Å²) in [5.41, 5.74) is 3.37. The molecule has 22 heavy (non-hydrogen) atoms. The maximum Gasteiger partial charge on any atom is 0.177 e. The van der Waals surface area contributed by atoms with Crippen LogP contribution in [0.1, 0.15) is 20.8 Å². The minimum atomic E-state index is 0.145. The highest BCUT2D eigenvalue weighted by Crippen LogP contribution is 2.29. The van der Waals surface area contributed by atoms with Crippen LogP contribution in [0.25, 0.3) is 10.4 Å². The minimum Gasteiger partial charge on any atom is -0.293 e. The third-order valence-electron chi connectivity index (χ3n) is 3.46. The summed E-state index contributed by atoms with van der Waals surface area (Å²) in [5.74, 6) is 0.145. The number of carbonyl (C=O) groups excluding carboxylic acids is 1. The molecule has 3 rings (SSSR count). The van der Waals surface area contributed by atoms with Crippen LogP contribution in [0.2, 0.25) is 5.02 Å². The van der Waals surface area contributed by atoms with E-state index in [1.54, 1.807) is 11.3 Å². The Labute approximate surface area is 139 Å². The van der Waals surface area contributed by atoms with Crippen molar-refractivity contribution >= 4 is 28.7 Å². The van der Waals surface area contributed by atoms with Crippen molar-refractivity contribution in [3.8, 4) is 10.4 Å². The quantitative estimate of drug-likeness (QED) is 0.553. The van der Waals surface area contributed by atoms with E-state index in [0.29, 0.717) is 11.4 Å². The number of carbonyl (C=O) groups is 1. The predicted molar refractivity (Wildman–Crippen MR) is 94.0 cm³/mol. The average Bonchev–Trinajstić information content (AvgIpc) is 3.00. The Morgan fingerprint density at radius 2 is 1.82 bits per heavy atom. The number of Topliss-reactive ketones (excluding diaryl/α,β-unsaturated/α-hetero) is 1. The van der Waals surface area contributed by atoms with Gasteiger partial charge in [0.1, 0.15) is 0 Å². The van der Waals surface area contributed by atoms with E-state index < -0.39 is 0 Å². The molecule has 0 N–H and O–H groups in total. The monoisotopic (exact) mass is 326 g/mol. The van der Waals surface area contributed by atoms with Crippen LogP contribution >= 0.6 is 22.9 Å². The fourth-order valence-corrected chi connectivity index (χ4v) is 3.38. The van der Waals surface area contributed by atoms with Crippen LogP contribution in [0.15, 0.2) is 60.7 Å². The lowest BCUT2D eigenvalue weighted by atomic mass is 10.1. The second-order valence-corrected chi connectivity index (χ2v) is 6.78. The van der Waals surface area contributed by atoms with Gasteiger partial charge < -0.3 is 0 Å². The summed E-state index contributed by atoms with van der Waals surface area (Å²) in [6.45, 7) is 2.07. The molecule has 0 aliphatic rings. The van der Waals surface area contributed by atoms with E-state index in [-0.39, 0.29) is 5.78 Å². The molecule has 2 aromatic carbocycles. The topological polar surface area (TPSA) is 17.1 Å². The summed E-state index contributed by atoms with van der Waals surface area (Å²) in [4.78, 5) is 14.3. The number of halogens is 1. The van der Waals surface area contributed by atoms with E-state index in [2.05, 4.69) is 25.1 Å². The summed E-state index contributed by atoms with van der Waals surface area (Å²) >= 11 is 7.42. The van der Waals surface area contributed by atoms with Gasteiger partial charge in [0.05, 0.1) is 4.88 Å². The van der Waals surface area contributed by atoms with E-state index in [9.17, 15) is 4.79 Å². The standard InChI is InChI=1S/C19H15ClOS/c1-13-3-2-4-15(11-13)18-9-10-19(22-18)17(21)12-14-5-7-16(20)8-6-14/h2-11H,12H2,1H3. The molecule has 1 heterocycles. The molecule has 0 aliphatic carbocycles. The molecule has 3 aromatic rings. The van der Waals surface area contributed by atoms with Crippen molar-refractivity contribution in [3.05, 3.63) is 81.7 Å². The van der Waals surface area contributed by atoms with Crippen LogP contribution in [0.5, 0.6) is 0 Å². The van der Waals surface area contributed by atoms with E-state index in [4.69, 9.17) is 11.6 Å². The van der Waals surface area contributed by atoms with Gasteiger partial charge in [0.15, 0.2) is 5.78 Å². The normalized spacial score (nSPS) is 10.6. The van der Waals surface area contributed by atoms with Crippen molar-refractivity contribution in [2.75, 3.05) is 0 Å². The lowest BCUT2D eigenvalue weighted by molar-refractivity contribution is 0.0997. The molecule has 0 saturated carbocycles. The summed E-state index contributed by atoms with van der Waals surface area (Å²) in [7, 11) is 0. The van der Waals surface area contributed by atoms with Gasteiger partial charge in [-0.05, 0) is 42.3 Å². The van der Waals surface area contributed by atoms with Crippen LogP contribution in [-0.2, 0) is 6.42 Å². The van der Waals surface area contributed by atoms with E-state index in [1.807, 2.05) is 42.5 Å². The molecule has 110 valence electrons. The van der Waals surface area contributed by atoms with Gasteiger partial charge in [0.2, 0.25) is 0 Å². The fourth-order valence-electron chi connectivity index (χ4n) is 2.32. The number of benzene rings is 2. The first-order chi connectivity index (χ1) is 10.6. The number of rotatable bonds is 4. The Bertz CT molecular complexity index is 802. The first kappa shape index (κ1) is 15.0. The average molecular weight is 327 g/mol. The van der Waals surface area contributed by atoms with E-state index >= 15 is 0 Å². The molecule has 0 amide bonds. The highest BCUT2D eigenvalue weighted by atomic mass is 35.5. The van der Waals surface area contributed by atoms with Crippen molar-refractivity contribution in [2.24, 2.45) is 0 Å². The molecule has 0 spiro atoms. The number of hydrogen-bond donors (Lipinski definition) is 0. The highest BCUT2D eigenvalue weighted by molar-refractivity contribution is 7.17. The maximum absolute atomic E-state index is 12.4. The Hall–Kier alpha value is -1.90. The van der Waals surface area contributed by atoms with Crippen LogP contribution in [0.3, 0.4) is 0 Å². The second-order valence-electron chi connectivity index (χ2n) is 5.26. The van der Waals surface area contributed by atoms with E-state index in [1.165, 1.54) is 5.56 Å². The van der Waals surface area contributed by atoms with E-state index in [0.717, 1.165) is 20.9 Å². The van der Waals surface area contributed by atoms with Crippen LogP contribution in [-0.4, -0.2) is 5.78 Å². The molecule has 0 unspecified atom stereocenters. The Morgan fingerprint density at radius 1 is 1.05 bits per heavy atom. The first-order valence-electron chi connectivity index (χ1n) is 7.06. The molecule has 0 radical (unpaired) electrons. The van der Waals surface area contributed by atoms with Gasteiger partial charge in [0.25, 0.3) is 0 Å². The molecule has 1 aromatic heterocycles. The largest absolute Gasteiger partial charge is 0.293 e. The summed E-state index contributed by atoms with van der Waals surface area (Å²) in [5, 5.41) is 0.689. The van der Waals surface area contributed by atoms with Crippen LogP contribution in [0, 0.1) is 6.92 Å². The Kier molecular flexibility index (Phi) is 4.41. The third-order valence-corrected chi connectivity index (χ3v) is 4.89. The zero-order chi connectivity index (χ0) is 15.5. The second kappa shape index (κ2) is 6.47. The van der Waals surface area contributed by atoms with Crippen molar-refractivity contribution in [2.45, 2.75) is 13.3 Å². The molecule has 0 atom stereocenters. The number of aryl methyl sites for hydroxylation is 1. The van der Waals surface area contributed by atoms with Crippen LogP contribution in [0.4, 0.5) is 0 Å². The van der Waals surface area contributed by atoms with Crippen molar-refractivity contribution < 1.29 is 4.79 Å². The number of hydrogen-bond acceptors (Lipinski definition) is 2. The van der Waals surface area contributed by atoms with Gasteiger partial charge in [-0.1, -0.05) is 53.6 Å². The summed E-state index contributed by atoms with van der Waals surface area (Å²) in [6, 6.07) is 19.7.